The maximum atomic E-state index is 11.2. The minimum atomic E-state index is -0.432. The van der Waals surface area contributed by atoms with Gasteiger partial charge in [-0.05, 0) is 26.9 Å². The molecule has 2 N–H and O–H groups in total. The molecule has 0 radical (unpaired) electrons. The lowest BCUT2D eigenvalue weighted by molar-refractivity contribution is -0.385. The molecule has 0 atom stereocenters. The molecule has 0 bridgehead atoms. The summed E-state index contributed by atoms with van der Waals surface area (Å²) in [6.07, 6.45) is 0.941. The van der Waals surface area contributed by atoms with Gasteiger partial charge in [-0.2, -0.15) is 4.98 Å². The summed E-state index contributed by atoms with van der Waals surface area (Å²) in [5.41, 5.74) is 5.89. The summed E-state index contributed by atoms with van der Waals surface area (Å²) < 4.78 is 0. The monoisotopic (exact) mass is 266 g/mol. The lowest BCUT2D eigenvalue weighted by Gasteiger charge is -2.21. The van der Waals surface area contributed by atoms with Gasteiger partial charge in [0.1, 0.15) is 5.69 Å². The van der Waals surface area contributed by atoms with E-state index in [-0.39, 0.29) is 11.6 Å². The number of nitrogens with zero attached hydrogens (tertiary/aromatic N) is 5. The molecule has 0 amide bonds. The third kappa shape index (κ3) is 2.90. The minimum absolute atomic E-state index is 0.0428. The Labute approximate surface area is 111 Å². The maximum absolute atomic E-state index is 11.2. The van der Waals surface area contributed by atoms with Gasteiger partial charge < -0.3 is 15.5 Å². The molecule has 0 saturated carbocycles. The van der Waals surface area contributed by atoms with E-state index in [4.69, 9.17) is 5.73 Å². The van der Waals surface area contributed by atoms with Crippen molar-refractivity contribution in [1.82, 2.24) is 14.9 Å². The molecule has 0 aromatic carbocycles. The summed E-state index contributed by atoms with van der Waals surface area (Å²) >= 11 is 0. The van der Waals surface area contributed by atoms with Gasteiger partial charge in [-0.25, -0.2) is 4.98 Å². The molecule has 104 valence electrons. The molecule has 1 fully saturated rings. The van der Waals surface area contributed by atoms with Crippen LogP contribution in [0.3, 0.4) is 0 Å². The van der Waals surface area contributed by atoms with Gasteiger partial charge in [-0.3, -0.25) is 10.1 Å². The molecule has 8 heteroatoms. The van der Waals surface area contributed by atoms with Gasteiger partial charge in [-0.1, -0.05) is 0 Å². The van der Waals surface area contributed by atoms with Gasteiger partial charge in [0, 0.05) is 19.6 Å². The molecule has 2 heterocycles. The van der Waals surface area contributed by atoms with Crippen LogP contribution in [0.5, 0.6) is 0 Å². The van der Waals surface area contributed by atoms with Crippen molar-refractivity contribution in [2.75, 3.05) is 43.9 Å². The molecule has 8 nitrogen and oxygen atoms in total. The zero-order chi connectivity index (χ0) is 14.0. The van der Waals surface area contributed by atoms with E-state index in [0.717, 1.165) is 26.1 Å². The standard InChI is InChI=1S/C11H18N6O2/c1-8-9(17(18)19)10(14-11(12)13-8)16-5-3-4-15(2)6-7-16/h3-7H2,1-2H3,(H2,12,13,14). The van der Waals surface area contributed by atoms with Crippen LogP contribution in [0.25, 0.3) is 0 Å². The number of anilines is 2. The lowest BCUT2D eigenvalue weighted by Crippen LogP contribution is -2.30. The zero-order valence-corrected chi connectivity index (χ0v) is 11.2. The Bertz CT molecular complexity index is 492. The molecule has 0 spiro atoms. The van der Waals surface area contributed by atoms with Gasteiger partial charge in [0.25, 0.3) is 0 Å². The molecular formula is C11H18N6O2. The van der Waals surface area contributed by atoms with E-state index in [9.17, 15) is 10.1 Å². The van der Waals surface area contributed by atoms with Gasteiger partial charge in [0.05, 0.1) is 4.92 Å². The molecule has 2 rings (SSSR count). The number of nitrogens with two attached hydrogens (primary N) is 1. The Morgan fingerprint density at radius 3 is 2.68 bits per heavy atom. The van der Waals surface area contributed by atoms with Crippen LogP contribution in [0.2, 0.25) is 0 Å². The second-order valence-corrected chi connectivity index (χ2v) is 4.74. The van der Waals surface area contributed by atoms with Crippen molar-refractivity contribution in [3.05, 3.63) is 15.8 Å². The fourth-order valence-electron chi connectivity index (χ4n) is 2.27. The number of hydrogen-bond donors (Lipinski definition) is 1. The molecule has 19 heavy (non-hydrogen) atoms. The largest absolute Gasteiger partial charge is 0.368 e. The van der Waals surface area contributed by atoms with Crippen molar-refractivity contribution in [3.8, 4) is 0 Å². The van der Waals surface area contributed by atoms with Crippen molar-refractivity contribution >= 4 is 17.5 Å². The van der Waals surface area contributed by atoms with Gasteiger partial charge >= 0.3 is 5.69 Å². The van der Waals surface area contributed by atoms with Crippen LogP contribution in [-0.4, -0.2) is 53.0 Å². The van der Waals surface area contributed by atoms with E-state index in [0.29, 0.717) is 18.1 Å². The summed E-state index contributed by atoms with van der Waals surface area (Å²) in [5.74, 6) is 0.418. The normalized spacial score (nSPS) is 17.3. The van der Waals surface area contributed by atoms with E-state index >= 15 is 0 Å². The van der Waals surface area contributed by atoms with Gasteiger partial charge in [0.15, 0.2) is 0 Å². The Balaban J connectivity index is 2.39. The van der Waals surface area contributed by atoms with Crippen LogP contribution in [0.15, 0.2) is 0 Å². The fourth-order valence-corrected chi connectivity index (χ4v) is 2.27. The van der Waals surface area contributed by atoms with Crippen LogP contribution in [0.4, 0.5) is 17.5 Å². The zero-order valence-electron chi connectivity index (χ0n) is 11.2. The van der Waals surface area contributed by atoms with Crippen molar-refractivity contribution in [2.45, 2.75) is 13.3 Å². The summed E-state index contributed by atoms with van der Waals surface area (Å²) in [5, 5.41) is 11.2. The summed E-state index contributed by atoms with van der Waals surface area (Å²) in [6.45, 7) is 4.85. The number of aryl methyl sites for hydroxylation is 1. The van der Waals surface area contributed by atoms with Gasteiger partial charge in [0.2, 0.25) is 11.8 Å². The predicted molar refractivity (Wildman–Crippen MR) is 72.2 cm³/mol. The average molecular weight is 266 g/mol. The SMILES string of the molecule is Cc1nc(N)nc(N2CCCN(C)CC2)c1[N+](=O)[O-]. The molecule has 1 saturated heterocycles. The number of hydrogen-bond acceptors (Lipinski definition) is 7. The second kappa shape index (κ2) is 5.35. The first-order valence-corrected chi connectivity index (χ1v) is 6.21. The highest BCUT2D eigenvalue weighted by molar-refractivity contribution is 5.62. The van der Waals surface area contributed by atoms with E-state index in [1.807, 2.05) is 11.9 Å². The van der Waals surface area contributed by atoms with E-state index in [2.05, 4.69) is 14.9 Å². The minimum Gasteiger partial charge on any atom is -0.368 e. The third-order valence-electron chi connectivity index (χ3n) is 3.26. The lowest BCUT2D eigenvalue weighted by atomic mass is 10.3. The number of aromatic nitrogens is 2. The number of nitrogen functional groups attached to an aromatic ring is 1. The van der Waals surface area contributed by atoms with Crippen molar-refractivity contribution < 1.29 is 4.92 Å². The van der Waals surface area contributed by atoms with Crippen molar-refractivity contribution in [2.24, 2.45) is 0 Å². The molecule has 1 aromatic rings. The number of rotatable bonds is 2. The third-order valence-corrected chi connectivity index (χ3v) is 3.26. The highest BCUT2D eigenvalue weighted by Crippen LogP contribution is 2.29. The van der Waals surface area contributed by atoms with Gasteiger partial charge in [-0.15, -0.1) is 0 Å². The van der Waals surface area contributed by atoms with Crippen LogP contribution in [0, 0.1) is 17.0 Å². The van der Waals surface area contributed by atoms with Crippen molar-refractivity contribution in [1.29, 1.82) is 0 Å². The van der Waals surface area contributed by atoms with Crippen molar-refractivity contribution in [3.63, 3.8) is 0 Å². The maximum Gasteiger partial charge on any atom is 0.332 e. The van der Waals surface area contributed by atoms with E-state index < -0.39 is 4.92 Å². The number of nitro groups is 1. The average Bonchev–Trinajstić information content (AvgIpc) is 2.52. The summed E-state index contributed by atoms with van der Waals surface area (Å²) in [6, 6.07) is 0. The van der Waals surface area contributed by atoms with E-state index in [1.54, 1.807) is 6.92 Å². The molecular weight excluding hydrogens is 248 g/mol. The number of likely N-dealkylation sites (N-methyl/N-ethyl adjacent to an activating group) is 1. The highest BCUT2D eigenvalue weighted by atomic mass is 16.6. The first-order valence-electron chi connectivity index (χ1n) is 6.21. The second-order valence-electron chi connectivity index (χ2n) is 4.74. The van der Waals surface area contributed by atoms with Crippen LogP contribution >= 0.6 is 0 Å². The van der Waals surface area contributed by atoms with Crippen LogP contribution in [0.1, 0.15) is 12.1 Å². The smallest absolute Gasteiger partial charge is 0.332 e. The first kappa shape index (κ1) is 13.5. The Morgan fingerprint density at radius 1 is 1.26 bits per heavy atom. The predicted octanol–water partition coefficient (Wildman–Crippen LogP) is 0.417. The summed E-state index contributed by atoms with van der Waals surface area (Å²) in [4.78, 5) is 22.8. The summed E-state index contributed by atoms with van der Waals surface area (Å²) in [7, 11) is 2.04. The Morgan fingerprint density at radius 2 is 2.00 bits per heavy atom. The Kier molecular flexibility index (Phi) is 3.79. The molecule has 1 aliphatic heterocycles. The molecule has 0 unspecified atom stereocenters. The highest BCUT2D eigenvalue weighted by Gasteiger charge is 2.26. The Hall–Kier alpha value is -1.96. The fraction of sp³-hybridized carbons (Fsp3) is 0.636. The van der Waals surface area contributed by atoms with Crippen LogP contribution < -0.4 is 10.6 Å². The van der Waals surface area contributed by atoms with E-state index in [1.165, 1.54) is 0 Å². The molecule has 1 aliphatic rings. The topological polar surface area (TPSA) is 101 Å². The molecule has 0 aliphatic carbocycles. The quantitative estimate of drug-likeness (QED) is 0.611. The molecule has 1 aromatic heterocycles. The van der Waals surface area contributed by atoms with Crippen LogP contribution in [-0.2, 0) is 0 Å². The first-order chi connectivity index (χ1) is 8.99.